The van der Waals surface area contributed by atoms with Crippen molar-refractivity contribution in [3.63, 3.8) is 0 Å². The Morgan fingerprint density at radius 3 is 2.55 bits per heavy atom. The number of nitrogens with zero attached hydrogens (tertiary/aromatic N) is 1. The first-order valence-corrected chi connectivity index (χ1v) is 7.70. The Labute approximate surface area is 122 Å². The predicted molar refractivity (Wildman–Crippen MR) is 81.1 cm³/mol. The number of nitriles is 1. The quantitative estimate of drug-likeness (QED) is 0.805. The molecule has 3 unspecified atom stereocenters. The number of benzene rings is 1. The van der Waals surface area contributed by atoms with Crippen LogP contribution in [0.15, 0.2) is 24.3 Å². The lowest BCUT2D eigenvalue weighted by atomic mass is 9.75. The van der Waals surface area contributed by atoms with E-state index in [0.717, 1.165) is 11.5 Å². The van der Waals surface area contributed by atoms with E-state index in [0.29, 0.717) is 30.1 Å². The molecule has 0 bridgehead atoms. The van der Waals surface area contributed by atoms with Crippen LogP contribution in [0.1, 0.15) is 51.2 Å². The van der Waals surface area contributed by atoms with Crippen LogP contribution in [0.4, 0.5) is 0 Å². The molecule has 0 radical (unpaired) electrons. The van der Waals surface area contributed by atoms with E-state index in [4.69, 9.17) is 10.00 Å². The van der Waals surface area contributed by atoms with Gasteiger partial charge < -0.3 is 4.74 Å². The number of hydrogen-bond acceptors (Lipinski definition) is 2. The molecule has 0 amide bonds. The van der Waals surface area contributed by atoms with Crippen molar-refractivity contribution in [1.29, 1.82) is 5.26 Å². The minimum atomic E-state index is 0.384. The second-order valence-electron chi connectivity index (χ2n) is 6.48. The van der Waals surface area contributed by atoms with Gasteiger partial charge in [-0.1, -0.05) is 39.3 Å². The molecule has 0 aliphatic heterocycles. The Bertz CT molecular complexity index is 457. The Kier molecular flexibility index (Phi) is 5.20. The first-order chi connectivity index (χ1) is 9.60. The van der Waals surface area contributed by atoms with Crippen LogP contribution in [0, 0.1) is 29.1 Å². The molecule has 1 aromatic rings. The first kappa shape index (κ1) is 15.1. The second-order valence-corrected chi connectivity index (χ2v) is 6.48. The molecule has 0 heterocycles. The highest BCUT2D eigenvalue weighted by atomic mass is 16.5. The van der Waals surface area contributed by atoms with Crippen LogP contribution in [-0.2, 0) is 11.3 Å². The van der Waals surface area contributed by atoms with Crippen molar-refractivity contribution < 1.29 is 4.74 Å². The molecule has 1 aromatic carbocycles. The number of rotatable bonds is 4. The maximum absolute atomic E-state index is 8.81. The van der Waals surface area contributed by atoms with Crippen LogP contribution in [0.5, 0.6) is 0 Å². The summed E-state index contributed by atoms with van der Waals surface area (Å²) >= 11 is 0. The fraction of sp³-hybridized carbons (Fsp3) is 0.611. The SMILES string of the molecule is CC1CCC(C(C)C)C(OCc2ccc(C#N)cc2)C1. The maximum Gasteiger partial charge on any atom is 0.0991 e. The van der Waals surface area contributed by atoms with Gasteiger partial charge in [0.15, 0.2) is 0 Å². The van der Waals surface area contributed by atoms with Crippen molar-refractivity contribution in [1.82, 2.24) is 0 Å². The van der Waals surface area contributed by atoms with E-state index >= 15 is 0 Å². The minimum absolute atomic E-state index is 0.384. The summed E-state index contributed by atoms with van der Waals surface area (Å²) in [5, 5.41) is 8.81. The van der Waals surface area contributed by atoms with Crippen molar-refractivity contribution >= 4 is 0 Å². The molecular formula is C18H25NO. The van der Waals surface area contributed by atoms with Gasteiger partial charge in [0, 0.05) is 0 Å². The van der Waals surface area contributed by atoms with Crippen molar-refractivity contribution in [2.24, 2.45) is 17.8 Å². The highest BCUT2D eigenvalue weighted by molar-refractivity contribution is 5.31. The van der Waals surface area contributed by atoms with Gasteiger partial charge in [-0.3, -0.25) is 0 Å². The lowest BCUT2D eigenvalue weighted by Gasteiger charge is -2.37. The zero-order valence-corrected chi connectivity index (χ0v) is 12.8. The molecule has 1 fully saturated rings. The third-order valence-corrected chi connectivity index (χ3v) is 4.51. The molecule has 0 spiro atoms. The molecule has 1 saturated carbocycles. The van der Waals surface area contributed by atoms with Crippen LogP contribution >= 0.6 is 0 Å². The lowest BCUT2D eigenvalue weighted by Crippen LogP contribution is -2.34. The summed E-state index contributed by atoms with van der Waals surface area (Å²) < 4.78 is 6.20. The Hall–Kier alpha value is -1.33. The molecule has 108 valence electrons. The molecule has 3 atom stereocenters. The molecule has 2 heteroatoms. The molecule has 0 N–H and O–H groups in total. The molecule has 2 nitrogen and oxygen atoms in total. The first-order valence-electron chi connectivity index (χ1n) is 7.70. The third kappa shape index (κ3) is 3.84. The summed E-state index contributed by atoms with van der Waals surface area (Å²) in [5.41, 5.74) is 1.87. The average Bonchev–Trinajstić information content (AvgIpc) is 2.45. The molecule has 20 heavy (non-hydrogen) atoms. The average molecular weight is 271 g/mol. The molecule has 0 saturated heterocycles. The zero-order valence-electron chi connectivity index (χ0n) is 12.8. The van der Waals surface area contributed by atoms with Crippen LogP contribution in [0.2, 0.25) is 0 Å². The summed E-state index contributed by atoms with van der Waals surface area (Å²) in [5.74, 6) is 2.15. The van der Waals surface area contributed by atoms with Crippen molar-refractivity contribution in [3.8, 4) is 6.07 Å². The fourth-order valence-corrected chi connectivity index (χ4v) is 3.19. The van der Waals surface area contributed by atoms with Gasteiger partial charge in [0.05, 0.1) is 24.3 Å². The van der Waals surface area contributed by atoms with Crippen LogP contribution in [-0.4, -0.2) is 6.10 Å². The van der Waals surface area contributed by atoms with Crippen molar-refractivity contribution in [2.45, 2.75) is 52.7 Å². The number of ether oxygens (including phenoxy) is 1. The topological polar surface area (TPSA) is 33.0 Å². The summed E-state index contributed by atoms with van der Waals surface area (Å²) in [6, 6.07) is 9.86. The third-order valence-electron chi connectivity index (χ3n) is 4.51. The van der Waals surface area contributed by atoms with E-state index in [-0.39, 0.29) is 0 Å². The molecule has 2 rings (SSSR count). The number of hydrogen-bond donors (Lipinski definition) is 0. The molecule has 0 aromatic heterocycles. The molecular weight excluding hydrogens is 246 g/mol. The fourth-order valence-electron chi connectivity index (χ4n) is 3.19. The Balaban J connectivity index is 1.94. The monoisotopic (exact) mass is 271 g/mol. The highest BCUT2D eigenvalue weighted by Gasteiger charge is 2.31. The van der Waals surface area contributed by atoms with Crippen molar-refractivity contribution in [2.75, 3.05) is 0 Å². The van der Waals surface area contributed by atoms with E-state index in [1.165, 1.54) is 19.3 Å². The maximum atomic E-state index is 8.81. The second kappa shape index (κ2) is 6.90. The van der Waals surface area contributed by atoms with E-state index in [1.807, 2.05) is 24.3 Å². The van der Waals surface area contributed by atoms with Gasteiger partial charge >= 0.3 is 0 Å². The van der Waals surface area contributed by atoms with Crippen LogP contribution in [0.3, 0.4) is 0 Å². The Morgan fingerprint density at radius 2 is 1.95 bits per heavy atom. The van der Waals surface area contributed by atoms with Gasteiger partial charge in [-0.25, -0.2) is 0 Å². The van der Waals surface area contributed by atoms with E-state index in [2.05, 4.69) is 26.8 Å². The summed E-state index contributed by atoms with van der Waals surface area (Å²) in [7, 11) is 0. The smallest absolute Gasteiger partial charge is 0.0991 e. The van der Waals surface area contributed by atoms with Crippen molar-refractivity contribution in [3.05, 3.63) is 35.4 Å². The normalized spacial score (nSPS) is 26.4. The minimum Gasteiger partial charge on any atom is -0.373 e. The Morgan fingerprint density at radius 1 is 1.25 bits per heavy atom. The van der Waals surface area contributed by atoms with E-state index in [9.17, 15) is 0 Å². The van der Waals surface area contributed by atoms with Gasteiger partial charge in [0.2, 0.25) is 0 Å². The molecule has 1 aliphatic rings. The van der Waals surface area contributed by atoms with Crippen LogP contribution in [0.25, 0.3) is 0 Å². The van der Waals surface area contributed by atoms with Gasteiger partial charge in [-0.15, -0.1) is 0 Å². The standard InChI is InChI=1S/C18H25NO/c1-13(2)17-9-4-14(3)10-18(17)20-12-16-7-5-15(11-19)6-8-16/h5-8,13-14,17-18H,4,9-10,12H2,1-3H3. The van der Waals surface area contributed by atoms with Gasteiger partial charge in [0.25, 0.3) is 0 Å². The van der Waals surface area contributed by atoms with Gasteiger partial charge in [-0.05, 0) is 48.3 Å². The highest BCUT2D eigenvalue weighted by Crippen LogP contribution is 2.35. The summed E-state index contributed by atoms with van der Waals surface area (Å²) in [6.07, 6.45) is 4.18. The van der Waals surface area contributed by atoms with Gasteiger partial charge in [0.1, 0.15) is 0 Å². The van der Waals surface area contributed by atoms with Gasteiger partial charge in [-0.2, -0.15) is 5.26 Å². The summed E-state index contributed by atoms with van der Waals surface area (Å²) in [4.78, 5) is 0. The van der Waals surface area contributed by atoms with E-state index in [1.54, 1.807) is 0 Å². The lowest BCUT2D eigenvalue weighted by molar-refractivity contribution is -0.0472. The largest absolute Gasteiger partial charge is 0.373 e. The predicted octanol–water partition coefficient (Wildman–Crippen LogP) is 4.54. The van der Waals surface area contributed by atoms with E-state index < -0.39 is 0 Å². The molecule has 1 aliphatic carbocycles. The van der Waals surface area contributed by atoms with Crippen LogP contribution < -0.4 is 0 Å². The summed E-state index contributed by atoms with van der Waals surface area (Å²) in [6.45, 7) is 7.60. The zero-order chi connectivity index (χ0) is 14.5.